The van der Waals surface area contributed by atoms with E-state index in [4.69, 9.17) is 4.74 Å². The molecule has 5 heteroatoms. The van der Waals surface area contributed by atoms with Crippen LogP contribution in [0.4, 0.5) is 13.2 Å². The van der Waals surface area contributed by atoms with Crippen LogP contribution in [0.15, 0.2) is 24.3 Å². The number of rotatable bonds is 6. The number of methoxy groups -OCH3 is 1. The van der Waals surface area contributed by atoms with Crippen LogP contribution >= 0.6 is 0 Å². The second-order valence-corrected chi connectivity index (χ2v) is 5.28. The summed E-state index contributed by atoms with van der Waals surface area (Å²) in [6.45, 7) is 6.17. The van der Waals surface area contributed by atoms with Crippen LogP contribution in [0.25, 0.3) is 0 Å². The van der Waals surface area contributed by atoms with Gasteiger partial charge < -0.3 is 10.1 Å². The van der Waals surface area contributed by atoms with E-state index in [1.165, 1.54) is 19.2 Å². The summed E-state index contributed by atoms with van der Waals surface area (Å²) in [5, 5.41) is 3.16. The van der Waals surface area contributed by atoms with Gasteiger partial charge in [0.05, 0.1) is 17.2 Å². The molecule has 1 rings (SSSR count). The van der Waals surface area contributed by atoms with Gasteiger partial charge in [-0.15, -0.1) is 0 Å². The molecule has 1 N–H and O–H groups in total. The van der Waals surface area contributed by atoms with Gasteiger partial charge in [0.15, 0.2) is 0 Å². The predicted molar refractivity (Wildman–Crippen MR) is 73.6 cm³/mol. The molecule has 1 aromatic rings. The van der Waals surface area contributed by atoms with Crippen LogP contribution in [0.3, 0.4) is 0 Å². The van der Waals surface area contributed by atoms with Gasteiger partial charge in [-0.2, -0.15) is 13.2 Å². The number of hydrogen-bond donors (Lipinski definition) is 1. The molecular formula is C15H22F3NO. The Labute approximate surface area is 118 Å². The molecule has 0 saturated heterocycles. The van der Waals surface area contributed by atoms with E-state index >= 15 is 0 Å². The van der Waals surface area contributed by atoms with Crippen molar-refractivity contribution in [3.05, 3.63) is 35.4 Å². The molecule has 0 radical (unpaired) electrons. The van der Waals surface area contributed by atoms with Crippen LogP contribution in [-0.2, 0) is 10.9 Å². The van der Waals surface area contributed by atoms with E-state index in [9.17, 15) is 13.2 Å². The molecule has 0 aromatic heterocycles. The highest BCUT2D eigenvalue weighted by Gasteiger charge is 2.39. The minimum atomic E-state index is -4.37. The summed E-state index contributed by atoms with van der Waals surface area (Å²) in [5.41, 5.74) is -1.13. The fourth-order valence-corrected chi connectivity index (χ4v) is 2.14. The van der Waals surface area contributed by atoms with Crippen LogP contribution in [0.2, 0.25) is 0 Å². The van der Waals surface area contributed by atoms with Gasteiger partial charge in [-0.25, -0.2) is 0 Å². The maximum absolute atomic E-state index is 13.2. The Morgan fingerprint density at radius 1 is 1.20 bits per heavy atom. The van der Waals surface area contributed by atoms with Gasteiger partial charge >= 0.3 is 6.18 Å². The SMILES string of the molecule is CCCNC(c1ccccc1C(F)(F)F)C(C)(C)OC. The second-order valence-electron chi connectivity index (χ2n) is 5.28. The Morgan fingerprint density at radius 2 is 1.80 bits per heavy atom. The van der Waals surface area contributed by atoms with E-state index in [1.807, 2.05) is 6.92 Å². The van der Waals surface area contributed by atoms with Crippen LogP contribution in [0.5, 0.6) is 0 Å². The monoisotopic (exact) mass is 289 g/mol. The topological polar surface area (TPSA) is 21.3 Å². The molecule has 0 saturated carbocycles. The van der Waals surface area contributed by atoms with Gasteiger partial charge in [-0.1, -0.05) is 25.1 Å². The molecule has 0 fully saturated rings. The standard InChI is InChI=1S/C15H22F3NO/c1-5-10-19-13(14(2,3)20-4)11-8-6-7-9-12(11)15(16,17)18/h6-9,13,19H,5,10H2,1-4H3. The molecule has 0 heterocycles. The van der Waals surface area contributed by atoms with Crippen molar-refractivity contribution in [1.29, 1.82) is 0 Å². The van der Waals surface area contributed by atoms with Crippen molar-refractivity contribution in [1.82, 2.24) is 5.32 Å². The lowest BCUT2D eigenvalue weighted by Crippen LogP contribution is -2.42. The molecule has 0 aliphatic carbocycles. The van der Waals surface area contributed by atoms with Crippen molar-refractivity contribution in [3.63, 3.8) is 0 Å². The van der Waals surface area contributed by atoms with Crippen LogP contribution < -0.4 is 5.32 Å². The number of nitrogens with one attached hydrogen (secondary N) is 1. The third-order valence-electron chi connectivity index (χ3n) is 3.40. The molecule has 0 amide bonds. The smallest absolute Gasteiger partial charge is 0.377 e. The maximum Gasteiger partial charge on any atom is 0.416 e. The van der Waals surface area contributed by atoms with Crippen molar-refractivity contribution in [2.75, 3.05) is 13.7 Å². The molecular weight excluding hydrogens is 267 g/mol. The Hall–Kier alpha value is -1.07. The molecule has 0 spiro atoms. The molecule has 1 unspecified atom stereocenters. The molecule has 1 aromatic carbocycles. The van der Waals surface area contributed by atoms with E-state index in [0.717, 1.165) is 12.5 Å². The van der Waals surface area contributed by atoms with Gasteiger partial charge in [-0.3, -0.25) is 0 Å². The van der Waals surface area contributed by atoms with E-state index < -0.39 is 23.4 Å². The largest absolute Gasteiger partial charge is 0.416 e. The fourth-order valence-electron chi connectivity index (χ4n) is 2.14. The van der Waals surface area contributed by atoms with Crippen LogP contribution in [0.1, 0.15) is 44.4 Å². The minimum absolute atomic E-state index is 0.223. The summed E-state index contributed by atoms with van der Waals surface area (Å²) in [7, 11) is 1.51. The summed E-state index contributed by atoms with van der Waals surface area (Å²) >= 11 is 0. The third kappa shape index (κ3) is 3.96. The summed E-state index contributed by atoms with van der Waals surface area (Å²) in [6, 6.07) is 5.13. The van der Waals surface area contributed by atoms with Gasteiger partial charge in [-0.05, 0) is 38.4 Å². The maximum atomic E-state index is 13.2. The summed E-state index contributed by atoms with van der Waals surface area (Å²) in [6.07, 6.45) is -3.53. The van der Waals surface area contributed by atoms with Crippen LogP contribution in [0, 0.1) is 0 Å². The first kappa shape index (κ1) is 17.0. The van der Waals surface area contributed by atoms with E-state index in [0.29, 0.717) is 6.54 Å². The average molecular weight is 289 g/mol. The highest BCUT2D eigenvalue weighted by atomic mass is 19.4. The van der Waals surface area contributed by atoms with Gasteiger partial charge in [0.1, 0.15) is 0 Å². The number of hydrogen-bond acceptors (Lipinski definition) is 2. The Kier molecular flexibility index (Phi) is 5.59. The summed E-state index contributed by atoms with van der Waals surface area (Å²) in [4.78, 5) is 0. The molecule has 0 aliphatic rings. The zero-order chi connectivity index (χ0) is 15.4. The molecule has 1 atom stereocenters. The van der Waals surface area contributed by atoms with Crippen molar-refractivity contribution in [2.24, 2.45) is 0 Å². The fraction of sp³-hybridized carbons (Fsp3) is 0.600. The molecule has 20 heavy (non-hydrogen) atoms. The van der Waals surface area contributed by atoms with E-state index in [1.54, 1.807) is 19.9 Å². The number of alkyl halides is 3. The van der Waals surface area contributed by atoms with Gasteiger partial charge in [0.2, 0.25) is 0 Å². The zero-order valence-corrected chi connectivity index (χ0v) is 12.3. The normalized spacial score (nSPS) is 14.3. The number of benzene rings is 1. The Bertz CT molecular complexity index is 429. The zero-order valence-electron chi connectivity index (χ0n) is 12.3. The lowest BCUT2D eigenvalue weighted by atomic mass is 9.88. The predicted octanol–water partition coefficient (Wildman–Crippen LogP) is 4.17. The highest BCUT2D eigenvalue weighted by molar-refractivity contribution is 5.34. The van der Waals surface area contributed by atoms with Crippen molar-refractivity contribution in [2.45, 2.75) is 45.0 Å². The van der Waals surface area contributed by atoms with Gasteiger partial charge in [0.25, 0.3) is 0 Å². The third-order valence-corrected chi connectivity index (χ3v) is 3.40. The minimum Gasteiger partial charge on any atom is -0.377 e. The van der Waals surface area contributed by atoms with Crippen molar-refractivity contribution in [3.8, 4) is 0 Å². The molecule has 0 bridgehead atoms. The lowest BCUT2D eigenvalue weighted by molar-refractivity contribution is -0.139. The van der Waals surface area contributed by atoms with Crippen LogP contribution in [-0.4, -0.2) is 19.3 Å². The first-order valence-corrected chi connectivity index (χ1v) is 6.68. The summed E-state index contributed by atoms with van der Waals surface area (Å²) in [5.74, 6) is 0. The number of ether oxygens (including phenoxy) is 1. The lowest BCUT2D eigenvalue weighted by Gasteiger charge is -2.35. The van der Waals surface area contributed by atoms with E-state index in [-0.39, 0.29) is 5.56 Å². The van der Waals surface area contributed by atoms with E-state index in [2.05, 4.69) is 5.32 Å². The molecule has 114 valence electrons. The Balaban J connectivity index is 3.27. The van der Waals surface area contributed by atoms with Crippen molar-refractivity contribution < 1.29 is 17.9 Å². The average Bonchev–Trinajstić information content (AvgIpc) is 2.38. The molecule has 2 nitrogen and oxygen atoms in total. The highest BCUT2D eigenvalue weighted by Crippen LogP contribution is 2.38. The Morgan fingerprint density at radius 3 is 2.30 bits per heavy atom. The second kappa shape index (κ2) is 6.59. The summed E-state index contributed by atoms with van der Waals surface area (Å²) < 4.78 is 44.9. The first-order chi connectivity index (χ1) is 9.24. The quantitative estimate of drug-likeness (QED) is 0.848. The molecule has 0 aliphatic heterocycles. The van der Waals surface area contributed by atoms with Crippen molar-refractivity contribution >= 4 is 0 Å². The van der Waals surface area contributed by atoms with Gasteiger partial charge in [0, 0.05) is 7.11 Å². The number of halogens is 3. The first-order valence-electron chi connectivity index (χ1n) is 6.68.